The number of carbonyl (C=O) groups is 2. The fraction of sp³-hybridized carbons (Fsp3) is 0.607. The van der Waals surface area contributed by atoms with E-state index >= 15 is 0 Å². The van der Waals surface area contributed by atoms with Crippen LogP contribution < -0.4 is 4.90 Å². The van der Waals surface area contributed by atoms with Crippen LogP contribution >= 0.6 is 0 Å². The third kappa shape index (κ3) is 5.88. The number of rotatable bonds is 4. The smallest absolute Gasteiger partial charge is 0.373 e. The fourth-order valence-corrected chi connectivity index (χ4v) is 5.44. The monoisotopic (exact) mass is 498 g/mol. The summed E-state index contributed by atoms with van der Waals surface area (Å²) < 4.78 is 11.1. The molecule has 36 heavy (non-hydrogen) atoms. The van der Waals surface area contributed by atoms with Gasteiger partial charge in [0, 0.05) is 44.5 Å². The van der Waals surface area contributed by atoms with Gasteiger partial charge in [-0.25, -0.2) is 4.79 Å². The van der Waals surface area contributed by atoms with Crippen LogP contribution in [-0.2, 0) is 35.1 Å². The summed E-state index contributed by atoms with van der Waals surface area (Å²) in [6, 6.07) is 4.78. The average Bonchev–Trinajstić information content (AvgIpc) is 3.26. The first-order valence-electron chi connectivity index (χ1n) is 12.6. The van der Waals surface area contributed by atoms with E-state index in [1.165, 1.54) is 22.4 Å². The van der Waals surface area contributed by atoms with Gasteiger partial charge in [0.25, 0.3) is 0 Å². The molecule has 3 aliphatic rings. The number of benzene rings is 1. The first-order chi connectivity index (χ1) is 16.9. The number of esters is 1. The zero-order valence-electron chi connectivity index (χ0n) is 22.4. The Balaban J connectivity index is 0.00000115. The predicted octanol–water partition coefficient (Wildman–Crippen LogP) is 3.76. The third-order valence-corrected chi connectivity index (χ3v) is 7.15. The molecule has 8 heteroatoms. The highest BCUT2D eigenvalue weighted by Crippen LogP contribution is 2.44. The van der Waals surface area contributed by atoms with Crippen LogP contribution in [0.4, 0.5) is 5.69 Å². The van der Waals surface area contributed by atoms with Crippen molar-refractivity contribution < 1.29 is 28.7 Å². The molecule has 1 aromatic carbocycles. The maximum absolute atomic E-state index is 13.1. The van der Waals surface area contributed by atoms with Crippen LogP contribution in [-0.4, -0.2) is 60.8 Å². The lowest BCUT2D eigenvalue weighted by Crippen LogP contribution is -2.47. The van der Waals surface area contributed by atoms with Crippen LogP contribution in [0.15, 0.2) is 23.9 Å². The van der Waals surface area contributed by atoms with Gasteiger partial charge in [0.05, 0.1) is 12.1 Å². The Kier molecular flexibility index (Phi) is 8.42. The molecular weight excluding hydrogens is 460 g/mol. The molecule has 2 unspecified atom stereocenters. The number of aryl methyl sites for hydroxylation is 1. The van der Waals surface area contributed by atoms with Crippen molar-refractivity contribution in [3.63, 3.8) is 0 Å². The molecule has 1 aromatic rings. The number of ether oxygens (including phenoxy) is 2. The van der Waals surface area contributed by atoms with Crippen molar-refractivity contribution in [3.05, 3.63) is 40.6 Å². The Labute approximate surface area is 213 Å². The summed E-state index contributed by atoms with van der Waals surface area (Å²) >= 11 is 0. The molecule has 1 saturated heterocycles. The zero-order valence-corrected chi connectivity index (χ0v) is 22.4. The number of nitrogens with zero attached hydrogens (tertiary/aromatic N) is 2. The lowest BCUT2D eigenvalue weighted by atomic mass is 9.79. The number of hydrogen-bond acceptors (Lipinski definition) is 8. The maximum atomic E-state index is 13.1. The summed E-state index contributed by atoms with van der Waals surface area (Å²) in [6.45, 7) is 14.0. The molecule has 0 bridgehead atoms. The van der Waals surface area contributed by atoms with Gasteiger partial charge >= 0.3 is 12.1 Å². The van der Waals surface area contributed by atoms with Crippen molar-refractivity contribution in [1.29, 1.82) is 0 Å². The van der Waals surface area contributed by atoms with E-state index in [0.29, 0.717) is 12.3 Å². The Bertz CT molecular complexity index is 1060. The van der Waals surface area contributed by atoms with Gasteiger partial charge in [-0.05, 0) is 69.2 Å². The average molecular weight is 499 g/mol. The molecule has 1 fully saturated rings. The SMILES string of the molecule is CO[C@@H]1CCN(c2cc3c(cc2C)C2CC(=O)C(C(=O)OC(C)(C)C)=CN2C(C(C)C)C3)C1.O=C=O. The second-order valence-corrected chi connectivity index (χ2v) is 11.2. The lowest BCUT2D eigenvalue weighted by molar-refractivity contribution is -0.191. The van der Waals surface area contributed by atoms with Gasteiger partial charge in [0.1, 0.15) is 11.2 Å². The molecule has 0 spiro atoms. The normalized spacial score (nSPS) is 23.3. The Morgan fingerprint density at radius 1 is 1.17 bits per heavy atom. The molecule has 0 radical (unpaired) electrons. The van der Waals surface area contributed by atoms with Crippen LogP contribution in [0.3, 0.4) is 0 Å². The topological polar surface area (TPSA) is 93.2 Å². The third-order valence-electron chi connectivity index (χ3n) is 7.15. The molecule has 3 aliphatic heterocycles. The van der Waals surface area contributed by atoms with Crippen molar-refractivity contribution in [2.45, 2.75) is 84.6 Å². The van der Waals surface area contributed by atoms with E-state index in [9.17, 15) is 9.59 Å². The minimum Gasteiger partial charge on any atom is -0.456 e. The maximum Gasteiger partial charge on any atom is 0.373 e. The molecule has 4 rings (SSSR count). The van der Waals surface area contributed by atoms with E-state index < -0.39 is 11.6 Å². The summed E-state index contributed by atoms with van der Waals surface area (Å²) in [4.78, 5) is 46.8. The van der Waals surface area contributed by atoms with Crippen LogP contribution in [0, 0.1) is 12.8 Å². The van der Waals surface area contributed by atoms with Gasteiger partial charge in [-0.2, -0.15) is 9.59 Å². The number of hydrogen-bond donors (Lipinski definition) is 0. The summed E-state index contributed by atoms with van der Waals surface area (Å²) in [7, 11) is 1.79. The highest BCUT2D eigenvalue weighted by atomic mass is 16.6. The van der Waals surface area contributed by atoms with Crippen LogP contribution in [0.25, 0.3) is 0 Å². The number of Topliss-reactive ketones (excluding diaryl/α,β-unsaturated/α-hetero) is 1. The summed E-state index contributed by atoms with van der Waals surface area (Å²) in [6.07, 6.45) is 4.56. The second-order valence-electron chi connectivity index (χ2n) is 11.2. The molecule has 0 N–H and O–H groups in total. The quantitative estimate of drug-likeness (QED) is 0.458. The Morgan fingerprint density at radius 3 is 2.39 bits per heavy atom. The standard InChI is InChI=1S/C27H38N2O4.CO2/c1-16(2)22-11-18-12-23(28-9-8-19(14-28)32-7)17(3)10-20(18)24-13-25(30)21(15-29(22)24)26(31)33-27(4,5)6;2-1-3/h10,12,15-16,19,22,24H,8-9,11,13-14H2,1-7H3;/t19-,22?,24?;/m1./s1. The number of carbonyl (C=O) groups excluding carboxylic acids is 4. The first kappa shape index (κ1) is 27.6. The van der Waals surface area contributed by atoms with Gasteiger partial charge in [0.15, 0.2) is 5.78 Å². The number of ketones is 1. The number of anilines is 1. The van der Waals surface area contributed by atoms with E-state index in [1.807, 2.05) is 20.8 Å². The first-order valence-corrected chi connectivity index (χ1v) is 12.6. The van der Waals surface area contributed by atoms with Crippen LogP contribution in [0.2, 0.25) is 0 Å². The van der Waals surface area contributed by atoms with Crippen molar-refractivity contribution in [3.8, 4) is 0 Å². The van der Waals surface area contributed by atoms with Crippen molar-refractivity contribution in [2.75, 3.05) is 25.1 Å². The minimum atomic E-state index is -0.633. The summed E-state index contributed by atoms with van der Waals surface area (Å²) in [5.41, 5.74) is 4.57. The van der Waals surface area contributed by atoms with Crippen LogP contribution in [0.1, 0.15) is 70.2 Å². The predicted molar refractivity (Wildman–Crippen MR) is 134 cm³/mol. The van der Waals surface area contributed by atoms with Gasteiger partial charge in [-0.3, -0.25) is 4.79 Å². The number of methoxy groups -OCH3 is 1. The molecule has 3 atom stereocenters. The van der Waals surface area contributed by atoms with E-state index in [2.05, 4.69) is 42.7 Å². The fourth-order valence-electron chi connectivity index (χ4n) is 5.44. The van der Waals surface area contributed by atoms with E-state index in [1.54, 1.807) is 13.3 Å². The highest BCUT2D eigenvalue weighted by molar-refractivity contribution is 6.18. The van der Waals surface area contributed by atoms with E-state index in [0.717, 1.165) is 25.9 Å². The van der Waals surface area contributed by atoms with Crippen molar-refractivity contribution >= 4 is 23.6 Å². The molecule has 8 nitrogen and oxygen atoms in total. The van der Waals surface area contributed by atoms with Gasteiger partial charge < -0.3 is 19.3 Å². The van der Waals surface area contributed by atoms with Gasteiger partial charge in [-0.15, -0.1) is 0 Å². The van der Waals surface area contributed by atoms with Crippen molar-refractivity contribution in [1.82, 2.24) is 4.90 Å². The molecular formula is C28H38N2O6. The Hall–Kier alpha value is -2.96. The number of fused-ring (bicyclic) bond motifs is 3. The summed E-state index contributed by atoms with van der Waals surface area (Å²) in [5, 5.41) is 0. The Morgan fingerprint density at radius 2 is 1.83 bits per heavy atom. The lowest BCUT2D eigenvalue weighted by Gasteiger charge is -2.47. The molecule has 3 heterocycles. The van der Waals surface area contributed by atoms with E-state index in [4.69, 9.17) is 19.1 Å². The molecule has 0 aromatic heterocycles. The largest absolute Gasteiger partial charge is 0.456 e. The molecule has 0 aliphatic carbocycles. The molecule has 0 saturated carbocycles. The van der Waals surface area contributed by atoms with Gasteiger partial charge in [-0.1, -0.05) is 19.9 Å². The van der Waals surface area contributed by atoms with Gasteiger partial charge in [0.2, 0.25) is 0 Å². The second kappa shape index (κ2) is 11.0. The minimum absolute atomic E-state index is 0.0436. The van der Waals surface area contributed by atoms with Crippen LogP contribution in [0.5, 0.6) is 0 Å². The molecule has 196 valence electrons. The summed E-state index contributed by atoms with van der Waals surface area (Å²) in [5.74, 6) is -0.281. The van der Waals surface area contributed by atoms with E-state index in [-0.39, 0.29) is 35.7 Å². The van der Waals surface area contributed by atoms with Crippen molar-refractivity contribution in [2.24, 2.45) is 5.92 Å². The highest BCUT2D eigenvalue weighted by Gasteiger charge is 2.41. The molecule has 0 amide bonds. The zero-order chi connectivity index (χ0) is 26.8.